The minimum Gasteiger partial charge on any atom is -0.397 e. The lowest BCUT2D eigenvalue weighted by Crippen LogP contribution is -2.14. The van der Waals surface area contributed by atoms with E-state index < -0.39 is 11.7 Å². The van der Waals surface area contributed by atoms with E-state index in [1.54, 1.807) is 0 Å². The average Bonchev–Trinajstić information content (AvgIpc) is 2.97. The van der Waals surface area contributed by atoms with Crippen molar-refractivity contribution in [2.24, 2.45) is 5.92 Å². The van der Waals surface area contributed by atoms with E-state index in [9.17, 15) is 9.18 Å². The van der Waals surface area contributed by atoms with Gasteiger partial charge in [0.25, 0.3) is 5.91 Å². The van der Waals surface area contributed by atoms with Crippen molar-refractivity contribution in [1.29, 1.82) is 0 Å². The van der Waals surface area contributed by atoms with E-state index in [1.807, 2.05) is 0 Å². The first-order valence-corrected chi connectivity index (χ1v) is 10.1. The molecule has 0 spiro atoms. The Morgan fingerprint density at radius 3 is 3.00 bits per heavy atom. The smallest absolute Gasteiger partial charge is 0.268 e. The van der Waals surface area contributed by atoms with Gasteiger partial charge in [0.15, 0.2) is 0 Å². The fourth-order valence-corrected chi connectivity index (χ4v) is 4.70. The molecule has 1 aromatic carbocycles. The van der Waals surface area contributed by atoms with Crippen LogP contribution in [0.3, 0.4) is 0 Å². The second kappa shape index (κ2) is 7.09. The summed E-state index contributed by atoms with van der Waals surface area (Å²) >= 11 is 7.00. The van der Waals surface area contributed by atoms with Crippen LogP contribution in [-0.4, -0.2) is 10.9 Å². The van der Waals surface area contributed by atoms with Gasteiger partial charge in [-0.2, -0.15) is 0 Å². The molecule has 3 aromatic rings. The summed E-state index contributed by atoms with van der Waals surface area (Å²) in [5.41, 5.74) is 9.04. The van der Waals surface area contributed by atoms with Crippen molar-refractivity contribution in [1.82, 2.24) is 4.98 Å². The van der Waals surface area contributed by atoms with Crippen LogP contribution in [0.1, 0.15) is 40.7 Å². The number of rotatable bonds is 3. The third-order valence-electron chi connectivity index (χ3n) is 5.15. The molecule has 1 atom stereocenters. The molecule has 1 aliphatic carbocycles. The largest absolute Gasteiger partial charge is 0.397 e. The fourth-order valence-electron chi connectivity index (χ4n) is 3.55. The first-order chi connectivity index (χ1) is 13.0. The number of hydrogen-bond acceptors (Lipinski definition) is 4. The van der Waals surface area contributed by atoms with E-state index in [0.717, 1.165) is 47.7 Å². The molecule has 0 bridgehead atoms. The quantitative estimate of drug-likeness (QED) is 0.612. The first-order valence-electron chi connectivity index (χ1n) is 8.93. The molecule has 3 N–H and O–H groups in total. The van der Waals surface area contributed by atoms with Crippen LogP contribution in [-0.2, 0) is 12.8 Å². The van der Waals surface area contributed by atoms with Gasteiger partial charge in [-0.3, -0.25) is 4.79 Å². The number of aryl methyl sites for hydroxylation is 1. The van der Waals surface area contributed by atoms with Gasteiger partial charge < -0.3 is 11.1 Å². The molecule has 0 unspecified atom stereocenters. The molecule has 140 valence electrons. The number of thiophene rings is 1. The van der Waals surface area contributed by atoms with Crippen molar-refractivity contribution in [2.75, 3.05) is 11.1 Å². The minimum atomic E-state index is -0.588. The van der Waals surface area contributed by atoms with Gasteiger partial charge in [-0.25, -0.2) is 9.37 Å². The Balaban J connectivity index is 1.68. The van der Waals surface area contributed by atoms with Crippen LogP contribution in [0.5, 0.6) is 0 Å². The summed E-state index contributed by atoms with van der Waals surface area (Å²) in [6.45, 7) is 2.21. The molecule has 0 saturated carbocycles. The highest BCUT2D eigenvalue weighted by Crippen LogP contribution is 2.37. The zero-order chi connectivity index (χ0) is 19.1. The lowest BCUT2D eigenvalue weighted by molar-refractivity contribution is 0.103. The molecule has 1 aliphatic rings. The number of carbonyl (C=O) groups is 1. The molecule has 0 saturated heterocycles. The maximum atomic E-state index is 14.0. The lowest BCUT2D eigenvalue weighted by atomic mass is 9.85. The summed E-state index contributed by atoms with van der Waals surface area (Å²) < 4.78 is 14.0. The van der Waals surface area contributed by atoms with Crippen LogP contribution in [0.25, 0.3) is 10.2 Å². The zero-order valence-corrected chi connectivity index (χ0v) is 16.4. The monoisotopic (exact) mass is 403 g/mol. The first kappa shape index (κ1) is 18.2. The van der Waals surface area contributed by atoms with Crippen LogP contribution in [0.4, 0.5) is 15.8 Å². The van der Waals surface area contributed by atoms with Crippen molar-refractivity contribution < 1.29 is 9.18 Å². The predicted octanol–water partition coefficient (Wildman–Crippen LogP) is 5.44. The highest BCUT2D eigenvalue weighted by atomic mass is 35.5. The Bertz CT molecular complexity index is 1050. The number of anilines is 2. The molecule has 0 aliphatic heterocycles. The molecule has 1 amide bonds. The highest BCUT2D eigenvalue weighted by Gasteiger charge is 2.23. The van der Waals surface area contributed by atoms with Gasteiger partial charge in [0, 0.05) is 16.1 Å². The van der Waals surface area contributed by atoms with Crippen LogP contribution in [0, 0.1) is 11.7 Å². The summed E-state index contributed by atoms with van der Waals surface area (Å²) in [6.07, 6.45) is 4.25. The molecular weight excluding hydrogens is 385 g/mol. The summed E-state index contributed by atoms with van der Waals surface area (Å²) in [6, 6.07) is 6.19. The molecule has 2 aromatic heterocycles. The standard InChI is InChI=1S/C20H19ClFN3OS/c1-2-10-3-5-15-11(7-10)8-13-17(23)18(27-20(13)25-15)19(26)24-16-6-4-12(21)9-14(16)22/h4,6,8-10H,2-3,5,7,23H2,1H3,(H,24,26)/t10-/m1/s1. The van der Waals surface area contributed by atoms with Crippen molar-refractivity contribution in [3.05, 3.63) is 51.2 Å². The number of fused-ring (bicyclic) bond motifs is 2. The Morgan fingerprint density at radius 1 is 1.44 bits per heavy atom. The number of pyridine rings is 1. The number of halogens is 2. The van der Waals surface area contributed by atoms with E-state index in [2.05, 4.69) is 18.3 Å². The summed E-state index contributed by atoms with van der Waals surface area (Å²) in [4.78, 5) is 18.5. The summed E-state index contributed by atoms with van der Waals surface area (Å²) in [7, 11) is 0. The maximum absolute atomic E-state index is 14.0. The minimum absolute atomic E-state index is 0.0688. The molecule has 0 radical (unpaired) electrons. The zero-order valence-electron chi connectivity index (χ0n) is 14.8. The second-order valence-electron chi connectivity index (χ2n) is 6.89. The topological polar surface area (TPSA) is 68.0 Å². The maximum Gasteiger partial charge on any atom is 0.268 e. The Hall–Kier alpha value is -2.18. The number of nitrogens with one attached hydrogen (secondary N) is 1. The molecular formula is C20H19ClFN3OS. The SMILES string of the molecule is CC[C@@H]1CCc2nc3sc(C(=O)Nc4ccc(Cl)cc4F)c(N)c3cc2C1. The van der Waals surface area contributed by atoms with Gasteiger partial charge in [0.2, 0.25) is 0 Å². The Morgan fingerprint density at radius 2 is 2.26 bits per heavy atom. The van der Waals surface area contributed by atoms with E-state index in [0.29, 0.717) is 16.5 Å². The van der Waals surface area contributed by atoms with Gasteiger partial charge >= 0.3 is 0 Å². The van der Waals surface area contributed by atoms with Crippen molar-refractivity contribution in [2.45, 2.75) is 32.6 Å². The van der Waals surface area contributed by atoms with Crippen LogP contribution >= 0.6 is 22.9 Å². The number of nitrogens with zero attached hydrogens (tertiary/aromatic N) is 1. The molecule has 7 heteroatoms. The molecule has 4 nitrogen and oxygen atoms in total. The van der Waals surface area contributed by atoms with Gasteiger partial charge in [-0.05, 0) is 55.0 Å². The van der Waals surface area contributed by atoms with Crippen LogP contribution < -0.4 is 11.1 Å². The Kier molecular flexibility index (Phi) is 4.78. The number of hydrogen-bond donors (Lipinski definition) is 2. The second-order valence-corrected chi connectivity index (χ2v) is 8.32. The number of amides is 1. The summed E-state index contributed by atoms with van der Waals surface area (Å²) in [5.74, 6) is -0.358. The van der Waals surface area contributed by atoms with Crippen LogP contribution in [0.2, 0.25) is 5.02 Å². The fraction of sp³-hybridized carbons (Fsp3) is 0.300. The molecule has 4 rings (SSSR count). The number of benzene rings is 1. The third kappa shape index (κ3) is 3.39. The van der Waals surface area contributed by atoms with Crippen molar-refractivity contribution >= 4 is 50.4 Å². The van der Waals surface area contributed by atoms with Gasteiger partial charge in [0.1, 0.15) is 15.5 Å². The highest BCUT2D eigenvalue weighted by molar-refractivity contribution is 7.21. The van der Waals surface area contributed by atoms with Crippen LogP contribution in [0.15, 0.2) is 24.3 Å². The predicted molar refractivity (Wildman–Crippen MR) is 109 cm³/mol. The number of carbonyl (C=O) groups excluding carboxylic acids is 1. The third-order valence-corrected chi connectivity index (χ3v) is 6.50. The summed E-state index contributed by atoms with van der Waals surface area (Å²) in [5, 5.41) is 3.64. The van der Waals surface area contributed by atoms with Gasteiger partial charge in [-0.1, -0.05) is 24.9 Å². The normalized spacial score (nSPS) is 16.3. The van der Waals surface area contributed by atoms with E-state index in [4.69, 9.17) is 22.3 Å². The lowest BCUT2D eigenvalue weighted by Gasteiger charge is -2.22. The van der Waals surface area contributed by atoms with Gasteiger partial charge in [0.05, 0.1) is 11.4 Å². The molecule has 2 heterocycles. The molecule has 0 fully saturated rings. The van der Waals surface area contributed by atoms with Crippen molar-refractivity contribution in [3.63, 3.8) is 0 Å². The molecule has 27 heavy (non-hydrogen) atoms. The van der Waals surface area contributed by atoms with E-state index >= 15 is 0 Å². The van der Waals surface area contributed by atoms with Crippen molar-refractivity contribution in [3.8, 4) is 0 Å². The average molecular weight is 404 g/mol. The Labute approximate surface area is 165 Å². The number of aromatic nitrogens is 1. The number of nitrogen functional groups attached to an aromatic ring is 1. The van der Waals surface area contributed by atoms with E-state index in [-0.39, 0.29) is 10.7 Å². The van der Waals surface area contributed by atoms with E-state index in [1.165, 1.54) is 29.0 Å². The number of nitrogens with two attached hydrogens (primary N) is 1. The van der Waals surface area contributed by atoms with Gasteiger partial charge in [-0.15, -0.1) is 11.3 Å².